The number of nitrogens with two attached hydrogens (primary N) is 1. The van der Waals surface area contributed by atoms with Crippen LogP contribution in [0.2, 0.25) is 0 Å². The summed E-state index contributed by atoms with van der Waals surface area (Å²) in [5, 5.41) is 0. The molecule has 1 rings (SSSR count). The van der Waals surface area contributed by atoms with Crippen LogP contribution in [0.3, 0.4) is 0 Å². The van der Waals surface area contributed by atoms with Gasteiger partial charge in [-0.3, -0.25) is 0 Å². The van der Waals surface area contributed by atoms with Gasteiger partial charge in [-0.2, -0.15) is 0 Å². The summed E-state index contributed by atoms with van der Waals surface area (Å²) >= 11 is 0. The average Bonchev–Trinajstić information content (AvgIpc) is 2.45. The molecule has 0 amide bonds. The van der Waals surface area contributed by atoms with Crippen molar-refractivity contribution in [2.75, 3.05) is 13.2 Å². The standard InChI is InChI=1S/C17H25NO/c1-2-3-4-5-8-14-19-15-17-11-7-6-10-16(17)12-9-13-18/h6-7,10-11H,2-5,8,13-15,18H2,1H3. The molecule has 0 unspecified atom stereocenters. The van der Waals surface area contributed by atoms with Crippen LogP contribution in [0.15, 0.2) is 24.3 Å². The van der Waals surface area contributed by atoms with Crippen molar-refractivity contribution in [2.24, 2.45) is 5.73 Å². The molecule has 0 bridgehead atoms. The predicted molar refractivity (Wildman–Crippen MR) is 80.8 cm³/mol. The zero-order valence-electron chi connectivity index (χ0n) is 12.0. The van der Waals surface area contributed by atoms with E-state index in [0.29, 0.717) is 13.2 Å². The molecule has 19 heavy (non-hydrogen) atoms. The first-order valence-corrected chi connectivity index (χ1v) is 7.23. The van der Waals surface area contributed by atoms with Gasteiger partial charge in [0.15, 0.2) is 0 Å². The highest BCUT2D eigenvalue weighted by Gasteiger charge is 1.99. The number of ether oxygens (including phenoxy) is 1. The van der Waals surface area contributed by atoms with Gasteiger partial charge < -0.3 is 10.5 Å². The lowest BCUT2D eigenvalue weighted by molar-refractivity contribution is 0.116. The van der Waals surface area contributed by atoms with Gasteiger partial charge >= 0.3 is 0 Å². The summed E-state index contributed by atoms with van der Waals surface area (Å²) in [4.78, 5) is 0. The Morgan fingerprint density at radius 2 is 1.89 bits per heavy atom. The molecular weight excluding hydrogens is 234 g/mol. The highest BCUT2D eigenvalue weighted by Crippen LogP contribution is 2.09. The molecule has 2 heteroatoms. The SMILES string of the molecule is CCCCCCCOCc1ccccc1C#CCN. The van der Waals surface area contributed by atoms with E-state index in [1.54, 1.807) is 0 Å². The molecule has 0 aliphatic carbocycles. The van der Waals surface area contributed by atoms with E-state index in [1.807, 2.05) is 18.2 Å². The lowest BCUT2D eigenvalue weighted by atomic mass is 10.1. The maximum absolute atomic E-state index is 5.72. The first-order valence-electron chi connectivity index (χ1n) is 7.23. The Morgan fingerprint density at radius 1 is 1.11 bits per heavy atom. The molecule has 0 aromatic heterocycles. The van der Waals surface area contributed by atoms with Crippen LogP contribution < -0.4 is 5.73 Å². The summed E-state index contributed by atoms with van der Waals surface area (Å²) in [6, 6.07) is 8.10. The molecule has 0 aliphatic heterocycles. The maximum atomic E-state index is 5.72. The van der Waals surface area contributed by atoms with Gasteiger partial charge in [0.05, 0.1) is 13.2 Å². The second-order valence-electron chi connectivity index (χ2n) is 4.63. The van der Waals surface area contributed by atoms with E-state index >= 15 is 0 Å². The monoisotopic (exact) mass is 259 g/mol. The third-order valence-corrected chi connectivity index (χ3v) is 2.99. The Bertz CT molecular complexity index is 403. The van der Waals surface area contributed by atoms with Gasteiger partial charge in [-0.15, -0.1) is 0 Å². The number of benzene rings is 1. The maximum Gasteiger partial charge on any atom is 0.0728 e. The van der Waals surface area contributed by atoms with Crippen LogP contribution >= 0.6 is 0 Å². The van der Waals surface area contributed by atoms with E-state index < -0.39 is 0 Å². The molecule has 0 fully saturated rings. The minimum atomic E-state index is 0.395. The van der Waals surface area contributed by atoms with Crippen LogP contribution in [0.5, 0.6) is 0 Å². The molecular formula is C17H25NO. The summed E-state index contributed by atoms with van der Waals surface area (Å²) in [6.45, 7) is 4.11. The van der Waals surface area contributed by atoms with Gasteiger partial charge in [0.25, 0.3) is 0 Å². The van der Waals surface area contributed by atoms with E-state index in [4.69, 9.17) is 10.5 Å². The quantitative estimate of drug-likeness (QED) is 0.573. The van der Waals surface area contributed by atoms with E-state index in [0.717, 1.165) is 24.2 Å². The number of hydrogen-bond acceptors (Lipinski definition) is 2. The van der Waals surface area contributed by atoms with Crippen LogP contribution in [-0.4, -0.2) is 13.2 Å². The Hall–Kier alpha value is -1.30. The Labute approximate surface area is 117 Å². The van der Waals surface area contributed by atoms with Crippen molar-refractivity contribution >= 4 is 0 Å². The number of hydrogen-bond donors (Lipinski definition) is 1. The summed E-state index contributed by atoms with van der Waals surface area (Å²) in [5.74, 6) is 5.98. The fraction of sp³-hybridized carbons (Fsp3) is 0.529. The topological polar surface area (TPSA) is 35.2 Å². The zero-order valence-corrected chi connectivity index (χ0v) is 12.0. The Morgan fingerprint density at radius 3 is 2.68 bits per heavy atom. The predicted octanol–water partition coefficient (Wildman–Crippen LogP) is 3.48. The molecule has 0 radical (unpaired) electrons. The van der Waals surface area contributed by atoms with Crippen molar-refractivity contribution in [3.05, 3.63) is 35.4 Å². The fourth-order valence-electron chi connectivity index (χ4n) is 1.90. The molecule has 1 aromatic carbocycles. The molecule has 0 spiro atoms. The van der Waals surface area contributed by atoms with Crippen molar-refractivity contribution < 1.29 is 4.74 Å². The average molecular weight is 259 g/mol. The largest absolute Gasteiger partial charge is 0.377 e. The molecule has 0 saturated carbocycles. The normalized spacial score (nSPS) is 10.0. The lowest BCUT2D eigenvalue weighted by Gasteiger charge is -2.06. The summed E-state index contributed by atoms with van der Waals surface area (Å²) < 4.78 is 5.72. The highest BCUT2D eigenvalue weighted by molar-refractivity contribution is 5.41. The van der Waals surface area contributed by atoms with Gasteiger partial charge in [0.2, 0.25) is 0 Å². The van der Waals surface area contributed by atoms with Crippen LogP contribution in [0.4, 0.5) is 0 Å². The number of unbranched alkanes of at least 4 members (excludes halogenated alkanes) is 4. The lowest BCUT2D eigenvalue weighted by Crippen LogP contribution is -1.98. The van der Waals surface area contributed by atoms with E-state index in [9.17, 15) is 0 Å². The van der Waals surface area contributed by atoms with Crippen LogP contribution in [0, 0.1) is 11.8 Å². The smallest absolute Gasteiger partial charge is 0.0728 e. The molecule has 0 heterocycles. The van der Waals surface area contributed by atoms with E-state index in [2.05, 4.69) is 24.8 Å². The van der Waals surface area contributed by atoms with Crippen molar-refractivity contribution in [2.45, 2.75) is 45.6 Å². The summed E-state index contributed by atoms with van der Waals surface area (Å²) in [7, 11) is 0. The molecule has 0 saturated heterocycles. The first kappa shape index (κ1) is 15.8. The third kappa shape index (κ3) is 7.00. The minimum Gasteiger partial charge on any atom is -0.377 e. The van der Waals surface area contributed by atoms with Crippen molar-refractivity contribution in [1.82, 2.24) is 0 Å². The van der Waals surface area contributed by atoms with Gasteiger partial charge in [-0.1, -0.05) is 62.6 Å². The summed E-state index contributed by atoms with van der Waals surface area (Å²) in [6.07, 6.45) is 6.35. The summed E-state index contributed by atoms with van der Waals surface area (Å²) in [5.41, 5.74) is 7.58. The third-order valence-electron chi connectivity index (χ3n) is 2.99. The van der Waals surface area contributed by atoms with Crippen LogP contribution in [0.25, 0.3) is 0 Å². The molecule has 1 aromatic rings. The zero-order chi connectivity index (χ0) is 13.8. The van der Waals surface area contributed by atoms with Crippen molar-refractivity contribution in [1.29, 1.82) is 0 Å². The Kier molecular flexibility index (Phi) is 8.80. The van der Waals surface area contributed by atoms with E-state index in [-0.39, 0.29) is 0 Å². The van der Waals surface area contributed by atoms with Gasteiger partial charge in [0, 0.05) is 12.2 Å². The Balaban J connectivity index is 2.29. The van der Waals surface area contributed by atoms with Gasteiger partial charge in [-0.25, -0.2) is 0 Å². The molecule has 104 valence electrons. The second kappa shape index (κ2) is 10.6. The van der Waals surface area contributed by atoms with Crippen LogP contribution in [-0.2, 0) is 11.3 Å². The van der Waals surface area contributed by atoms with Gasteiger partial charge in [0.1, 0.15) is 0 Å². The molecule has 2 nitrogen and oxygen atoms in total. The minimum absolute atomic E-state index is 0.395. The van der Waals surface area contributed by atoms with E-state index in [1.165, 1.54) is 25.7 Å². The first-order chi connectivity index (χ1) is 9.38. The van der Waals surface area contributed by atoms with Gasteiger partial charge in [-0.05, 0) is 18.1 Å². The van der Waals surface area contributed by atoms with Crippen LogP contribution in [0.1, 0.15) is 50.2 Å². The fourth-order valence-corrected chi connectivity index (χ4v) is 1.90. The molecule has 0 atom stereocenters. The second-order valence-corrected chi connectivity index (χ2v) is 4.63. The van der Waals surface area contributed by atoms with Crippen molar-refractivity contribution in [3.63, 3.8) is 0 Å². The molecule has 2 N–H and O–H groups in total. The number of rotatable bonds is 8. The molecule has 0 aliphatic rings. The highest BCUT2D eigenvalue weighted by atomic mass is 16.5. The van der Waals surface area contributed by atoms with Crippen molar-refractivity contribution in [3.8, 4) is 11.8 Å².